The molecule has 0 aromatic carbocycles. The van der Waals surface area contributed by atoms with Crippen LogP contribution in [0.15, 0.2) is 4.42 Å². The van der Waals surface area contributed by atoms with Crippen LogP contribution in [0.4, 0.5) is 0 Å². The molecule has 0 atom stereocenters. The van der Waals surface area contributed by atoms with Gasteiger partial charge in [-0.1, -0.05) is 0 Å². The highest BCUT2D eigenvalue weighted by Crippen LogP contribution is 1.79. The van der Waals surface area contributed by atoms with E-state index in [1.165, 1.54) is 0 Å². The van der Waals surface area contributed by atoms with Gasteiger partial charge in [-0.3, -0.25) is 0 Å². The molecule has 0 unspecified atom stereocenters. The zero-order valence-electron chi connectivity index (χ0n) is 4.30. The quantitative estimate of drug-likeness (QED) is 0.374. The molecule has 0 fully saturated rings. The third-order valence-corrected chi connectivity index (χ3v) is 0.627. The summed E-state index contributed by atoms with van der Waals surface area (Å²) in [6.45, 7) is 1.76. The van der Waals surface area contributed by atoms with Crippen molar-refractivity contribution in [3.05, 3.63) is 5.89 Å². The minimum atomic E-state index is 0.623. The Morgan fingerprint density at radius 2 is 2.29 bits per heavy atom. The molecule has 0 bridgehead atoms. The van der Waals surface area contributed by atoms with Crippen LogP contribution in [0.1, 0.15) is 5.89 Å². The third kappa shape index (κ3) is 0.794. The maximum Gasteiger partial charge on any atom is 0.215 e. The predicted molar refractivity (Wildman–Crippen MR) is 27.2 cm³/mol. The molecule has 1 aromatic heterocycles. The highest BCUT2D eigenvalue weighted by atomic mass is 16.4. The van der Waals surface area contributed by atoms with Crippen molar-refractivity contribution in [1.29, 1.82) is 0 Å². The number of nitrogens with zero attached hydrogens (tertiary/aromatic N) is 2. The number of rotatable bonds is 0. The highest BCUT2D eigenvalue weighted by molar-refractivity contribution is 6.27. The van der Waals surface area contributed by atoms with E-state index in [1.54, 1.807) is 14.8 Å². The summed E-state index contributed by atoms with van der Waals surface area (Å²) in [6, 6.07) is 0. The van der Waals surface area contributed by atoms with Crippen LogP contribution in [-0.4, -0.2) is 18.0 Å². The molecule has 0 aliphatic heterocycles. The van der Waals surface area contributed by atoms with Gasteiger partial charge in [-0.05, 0) is 0 Å². The Hall–Kier alpha value is -0.795. The minimum Gasteiger partial charge on any atom is -0.436 e. The first-order valence-electron chi connectivity index (χ1n) is 2.06. The molecular weight excluding hydrogens is 90.9 g/mol. The topological polar surface area (TPSA) is 38.9 Å². The smallest absolute Gasteiger partial charge is 0.215 e. The van der Waals surface area contributed by atoms with E-state index in [2.05, 4.69) is 10.2 Å². The van der Waals surface area contributed by atoms with Crippen molar-refractivity contribution in [2.45, 2.75) is 6.92 Å². The first-order chi connectivity index (χ1) is 3.29. The average Bonchev–Trinajstić information content (AvgIpc) is 1.87. The zero-order valence-corrected chi connectivity index (χ0v) is 4.30. The highest BCUT2D eigenvalue weighted by Gasteiger charge is 1.89. The molecule has 1 heterocycles. The van der Waals surface area contributed by atoms with Gasteiger partial charge < -0.3 is 4.42 Å². The Labute approximate surface area is 42.2 Å². The van der Waals surface area contributed by atoms with Crippen molar-refractivity contribution in [2.24, 2.45) is 0 Å². The van der Waals surface area contributed by atoms with Crippen molar-refractivity contribution in [3.8, 4) is 0 Å². The summed E-state index contributed by atoms with van der Waals surface area (Å²) in [7, 11) is 1.76. The van der Waals surface area contributed by atoms with E-state index < -0.39 is 0 Å². The lowest BCUT2D eigenvalue weighted by molar-refractivity contribution is 0.549. The van der Waals surface area contributed by atoms with E-state index in [0.29, 0.717) is 11.7 Å². The summed E-state index contributed by atoms with van der Waals surface area (Å²) in [5.74, 6) is 1.25. The van der Waals surface area contributed by atoms with Gasteiger partial charge in [0.25, 0.3) is 0 Å². The Kier molecular flexibility index (Phi) is 0.853. The molecule has 1 rings (SSSR count). The normalized spacial score (nSPS) is 9.29. The Bertz CT molecular complexity index is 145. The van der Waals surface area contributed by atoms with Gasteiger partial charge in [0.05, 0.1) is 0 Å². The van der Waals surface area contributed by atoms with Crippen molar-refractivity contribution in [3.63, 3.8) is 0 Å². The molecule has 0 aliphatic carbocycles. The van der Waals surface area contributed by atoms with E-state index in [-0.39, 0.29) is 0 Å². The van der Waals surface area contributed by atoms with E-state index in [1.807, 2.05) is 0 Å². The zero-order chi connectivity index (χ0) is 5.28. The van der Waals surface area contributed by atoms with Gasteiger partial charge in [-0.2, -0.15) is 0 Å². The molecule has 0 radical (unpaired) electrons. The predicted octanol–water partition coefficient (Wildman–Crippen LogP) is -1.36. The number of aromatic nitrogens is 2. The summed E-state index contributed by atoms with van der Waals surface area (Å²) < 4.78 is 4.86. The molecule has 0 aliphatic rings. The first kappa shape index (κ1) is 4.37. The van der Waals surface area contributed by atoms with Crippen LogP contribution in [0.25, 0.3) is 0 Å². The van der Waals surface area contributed by atoms with E-state index >= 15 is 0 Å². The Morgan fingerprint density at radius 1 is 1.57 bits per heavy atom. The summed E-state index contributed by atoms with van der Waals surface area (Å²) in [5, 5.41) is 7.20. The Balaban J connectivity index is 3.04. The third-order valence-electron chi connectivity index (χ3n) is 0.627. The van der Waals surface area contributed by atoms with Crippen LogP contribution >= 0.6 is 0 Å². The summed E-state index contributed by atoms with van der Waals surface area (Å²) in [6.07, 6.45) is 0. The fraction of sp³-hybridized carbons (Fsp3) is 0.333. The average molecular weight is 95.9 g/mol. The molecule has 3 nitrogen and oxygen atoms in total. The SMILES string of the molecule is Bc1nnc(C)o1. The maximum atomic E-state index is 4.86. The van der Waals surface area contributed by atoms with Crippen LogP contribution in [0.2, 0.25) is 0 Å². The Morgan fingerprint density at radius 3 is 2.43 bits per heavy atom. The van der Waals surface area contributed by atoms with Gasteiger partial charge in [-0.15, -0.1) is 10.2 Å². The van der Waals surface area contributed by atoms with Crippen LogP contribution in [0, 0.1) is 6.92 Å². The fourth-order valence-corrected chi connectivity index (χ4v) is 0.395. The second kappa shape index (κ2) is 1.37. The van der Waals surface area contributed by atoms with Crippen molar-refractivity contribution in [1.82, 2.24) is 10.2 Å². The second-order valence-corrected chi connectivity index (χ2v) is 1.34. The molecule has 0 saturated heterocycles. The molecule has 0 spiro atoms. The molecule has 7 heavy (non-hydrogen) atoms. The van der Waals surface area contributed by atoms with Crippen molar-refractivity contribution in [2.75, 3.05) is 0 Å². The van der Waals surface area contributed by atoms with Crippen molar-refractivity contribution >= 4 is 13.6 Å². The summed E-state index contributed by atoms with van der Waals surface area (Å²) >= 11 is 0. The van der Waals surface area contributed by atoms with Crippen LogP contribution in [0.3, 0.4) is 0 Å². The monoisotopic (exact) mass is 96.0 g/mol. The standard InChI is InChI=1S/C3H5BN2O/c1-2-5-6-3(4)7-2/h4H2,1H3. The van der Waals surface area contributed by atoms with Gasteiger partial charge in [0, 0.05) is 6.92 Å². The van der Waals surface area contributed by atoms with Gasteiger partial charge in [0.2, 0.25) is 13.7 Å². The van der Waals surface area contributed by atoms with Gasteiger partial charge in [0.15, 0.2) is 5.79 Å². The van der Waals surface area contributed by atoms with Gasteiger partial charge in [-0.25, -0.2) is 0 Å². The number of hydrogen-bond acceptors (Lipinski definition) is 3. The molecule has 36 valence electrons. The summed E-state index contributed by atoms with van der Waals surface area (Å²) in [4.78, 5) is 0. The molecule has 0 amide bonds. The van der Waals surface area contributed by atoms with E-state index in [4.69, 9.17) is 4.42 Å². The molecule has 0 N–H and O–H groups in total. The molecule has 0 saturated carbocycles. The molecular formula is C3H5BN2O. The molecule has 4 heteroatoms. The lowest BCUT2D eigenvalue weighted by atomic mass is 10.2. The lowest BCUT2D eigenvalue weighted by Gasteiger charge is -1.70. The van der Waals surface area contributed by atoms with Crippen LogP contribution in [-0.2, 0) is 0 Å². The van der Waals surface area contributed by atoms with Gasteiger partial charge >= 0.3 is 0 Å². The first-order valence-corrected chi connectivity index (χ1v) is 2.06. The van der Waals surface area contributed by atoms with E-state index in [0.717, 1.165) is 0 Å². The largest absolute Gasteiger partial charge is 0.436 e. The fourth-order valence-electron chi connectivity index (χ4n) is 0.395. The number of aryl methyl sites for hydroxylation is 1. The molecule has 1 aromatic rings. The van der Waals surface area contributed by atoms with Gasteiger partial charge in [0.1, 0.15) is 0 Å². The van der Waals surface area contributed by atoms with Crippen LogP contribution in [0.5, 0.6) is 0 Å². The van der Waals surface area contributed by atoms with Crippen LogP contribution < -0.4 is 5.79 Å². The minimum absolute atomic E-state index is 0.623. The summed E-state index contributed by atoms with van der Waals surface area (Å²) in [5.41, 5.74) is 0. The number of hydrogen-bond donors (Lipinski definition) is 0. The van der Waals surface area contributed by atoms with Crippen molar-refractivity contribution < 1.29 is 4.42 Å². The maximum absolute atomic E-state index is 4.86. The lowest BCUT2D eigenvalue weighted by Crippen LogP contribution is -2.00. The van der Waals surface area contributed by atoms with E-state index in [9.17, 15) is 0 Å². The second-order valence-electron chi connectivity index (χ2n) is 1.34.